The Morgan fingerprint density at radius 2 is 1.72 bits per heavy atom. The molecule has 1 atom stereocenters. The number of hydrogen-bond donors (Lipinski definition) is 0. The molecule has 0 saturated carbocycles. The average Bonchev–Trinajstić information content (AvgIpc) is 3.32. The number of furan rings is 1. The molecule has 152 valence electrons. The largest absolute Gasteiger partial charge is 0.459 e. The molecule has 4 rings (SSSR count). The van der Waals surface area contributed by atoms with E-state index in [2.05, 4.69) is 0 Å². The fourth-order valence-corrected chi connectivity index (χ4v) is 4.06. The normalized spacial score (nSPS) is 20.1. The van der Waals surface area contributed by atoms with Crippen molar-refractivity contribution in [2.24, 2.45) is 0 Å². The minimum Gasteiger partial charge on any atom is -0.459 e. The summed E-state index contributed by atoms with van der Waals surface area (Å²) in [6, 6.07) is 13.3. The van der Waals surface area contributed by atoms with Crippen molar-refractivity contribution in [3.05, 3.63) is 60.1 Å². The summed E-state index contributed by atoms with van der Waals surface area (Å²) in [6.07, 6.45) is 2.64. The minimum atomic E-state index is -0.148. The van der Waals surface area contributed by atoms with E-state index in [1.54, 1.807) is 26.8 Å². The third kappa shape index (κ3) is 4.34. The van der Waals surface area contributed by atoms with Crippen LogP contribution in [0.1, 0.15) is 34.9 Å². The molecule has 2 aliphatic rings. The van der Waals surface area contributed by atoms with Gasteiger partial charge in [0.25, 0.3) is 5.91 Å². The van der Waals surface area contributed by atoms with Gasteiger partial charge < -0.3 is 19.1 Å². The van der Waals surface area contributed by atoms with Crippen molar-refractivity contribution in [2.45, 2.75) is 18.8 Å². The third-order valence-corrected chi connectivity index (χ3v) is 5.68. The highest BCUT2D eigenvalue weighted by atomic mass is 16.3. The second-order valence-electron chi connectivity index (χ2n) is 7.59. The van der Waals surface area contributed by atoms with Crippen LogP contribution in [0.4, 0.5) is 0 Å². The fraction of sp³-hybridized carbons (Fsp3) is 0.409. The van der Waals surface area contributed by atoms with E-state index in [4.69, 9.17) is 4.42 Å². The van der Waals surface area contributed by atoms with Gasteiger partial charge in [-0.1, -0.05) is 30.3 Å². The van der Waals surface area contributed by atoms with Crippen molar-refractivity contribution in [2.75, 3.05) is 39.3 Å². The summed E-state index contributed by atoms with van der Waals surface area (Å²) in [5.74, 6) is 0.280. The van der Waals surface area contributed by atoms with Crippen molar-refractivity contribution >= 4 is 17.7 Å². The third-order valence-electron chi connectivity index (χ3n) is 5.68. The van der Waals surface area contributed by atoms with Gasteiger partial charge in [0.05, 0.1) is 12.8 Å². The molecule has 3 heterocycles. The van der Waals surface area contributed by atoms with E-state index in [1.807, 2.05) is 30.3 Å². The lowest BCUT2D eigenvalue weighted by Crippen LogP contribution is -2.43. The second kappa shape index (κ2) is 8.51. The molecule has 0 spiro atoms. The van der Waals surface area contributed by atoms with E-state index in [9.17, 15) is 14.4 Å². The molecule has 7 nitrogen and oxygen atoms in total. The Labute approximate surface area is 169 Å². The number of likely N-dealkylation sites (tertiary alicyclic amines) is 1. The molecule has 1 unspecified atom stereocenters. The van der Waals surface area contributed by atoms with Crippen molar-refractivity contribution in [1.82, 2.24) is 14.7 Å². The first-order valence-electron chi connectivity index (χ1n) is 10.0. The first-order chi connectivity index (χ1) is 14.1. The Hall–Kier alpha value is -3.09. The maximum absolute atomic E-state index is 12.8. The lowest BCUT2D eigenvalue weighted by molar-refractivity contribution is -0.138. The number of hydrogen-bond acceptors (Lipinski definition) is 4. The maximum atomic E-state index is 12.8. The van der Waals surface area contributed by atoms with Gasteiger partial charge in [-0.3, -0.25) is 14.4 Å². The zero-order valence-corrected chi connectivity index (χ0v) is 16.3. The van der Waals surface area contributed by atoms with E-state index in [0.717, 1.165) is 5.56 Å². The van der Waals surface area contributed by atoms with E-state index in [1.165, 1.54) is 6.26 Å². The summed E-state index contributed by atoms with van der Waals surface area (Å²) in [4.78, 5) is 42.8. The Bertz CT molecular complexity index is 865. The van der Waals surface area contributed by atoms with Gasteiger partial charge in [0.1, 0.15) is 0 Å². The Kier molecular flexibility index (Phi) is 5.64. The maximum Gasteiger partial charge on any atom is 0.289 e. The lowest BCUT2D eigenvalue weighted by Gasteiger charge is -2.24. The first-order valence-corrected chi connectivity index (χ1v) is 10.0. The number of benzene rings is 1. The highest BCUT2D eigenvalue weighted by Gasteiger charge is 2.33. The Morgan fingerprint density at radius 1 is 0.966 bits per heavy atom. The zero-order valence-electron chi connectivity index (χ0n) is 16.3. The van der Waals surface area contributed by atoms with Crippen LogP contribution in [0.5, 0.6) is 0 Å². The highest BCUT2D eigenvalue weighted by molar-refractivity contribution is 5.91. The van der Waals surface area contributed by atoms with E-state index >= 15 is 0 Å². The van der Waals surface area contributed by atoms with Crippen molar-refractivity contribution in [3.63, 3.8) is 0 Å². The lowest BCUT2D eigenvalue weighted by atomic mass is 9.99. The topological polar surface area (TPSA) is 74.1 Å². The van der Waals surface area contributed by atoms with Crippen LogP contribution in [0.15, 0.2) is 53.1 Å². The monoisotopic (exact) mass is 395 g/mol. The number of carbonyl (C=O) groups excluding carboxylic acids is 3. The molecule has 2 aliphatic heterocycles. The van der Waals surface area contributed by atoms with E-state index in [-0.39, 0.29) is 30.2 Å². The molecule has 29 heavy (non-hydrogen) atoms. The molecular formula is C22H25N3O4. The molecule has 0 aliphatic carbocycles. The van der Waals surface area contributed by atoms with Gasteiger partial charge in [-0.05, 0) is 24.1 Å². The van der Waals surface area contributed by atoms with Crippen LogP contribution in [0.3, 0.4) is 0 Å². The van der Waals surface area contributed by atoms with Gasteiger partial charge in [0.2, 0.25) is 11.8 Å². The average molecular weight is 395 g/mol. The van der Waals surface area contributed by atoms with Crippen LogP contribution in [0, 0.1) is 0 Å². The van der Waals surface area contributed by atoms with Gasteiger partial charge in [0.15, 0.2) is 5.76 Å². The number of carbonyl (C=O) groups is 3. The molecule has 0 N–H and O–H groups in total. The summed E-state index contributed by atoms with van der Waals surface area (Å²) >= 11 is 0. The Balaban J connectivity index is 1.32. The molecule has 2 aromatic rings. The van der Waals surface area contributed by atoms with Crippen LogP contribution < -0.4 is 0 Å². The summed E-state index contributed by atoms with van der Waals surface area (Å²) in [5.41, 5.74) is 1.14. The summed E-state index contributed by atoms with van der Waals surface area (Å²) in [6.45, 7) is 2.79. The summed E-state index contributed by atoms with van der Waals surface area (Å²) in [7, 11) is 0. The SMILES string of the molecule is O=C(CN1CC(c2ccccc2)CC1=O)N1CCCN(C(=O)c2ccco2)CC1. The predicted molar refractivity (Wildman–Crippen MR) is 106 cm³/mol. The molecule has 3 amide bonds. The van der Waals surface area contributed by atoms with Crippen LogP contribution >= 0.6 is 0 Å². The molecule has 0 radical (unpaired) electrons. The smallest absolute Gasteiger partial charge is 0.289 e. The molecule has 1 aromatic heterocycles. The van der Waals surface area contributed by atoms with Crippen LogP contribution in [-0.2, 0) is 9.59 Å². The minimum absolute atomic E-state index is 0.0247. The molecular weight excluding hydrogens is 370 g/mol. The highest BCUT2D eigenvalue weighted by Crippen LogP contribution is 2.27. The molecule has 0 bridgehead atoms. The van der Waals surface area contributed by atoms with Gasteiger partial charge in [-0.2, -0.15) is 0 Å². The number of nitrogens with zero attached hydrogens (tertiary/aromatic N) is 3. The molecule has 2 saturated heterocycles. The summed E-state index contributed by atoms with van der Waals surface area (Å²) in [5, 5.41) is 0. The predicted octanol–water partition coefficient (Wildman–Crippen LogP) is 1.97. The molecule has 1 aromatic carbocycles. The van der Waals surface area contributed by atoms with Crippen molar-refractivity contribution in [3.8, 4) is 0 Å². The van der Waals surface area contributed by atoms with Gasteiger partial charge in [-0.15, -0.1) is 0 Å². The van der Waals surface area contributed by atoms with Gasteiger partial charge >= 0.3 is 0 Å². The zero-order chi connectivity index (χ0) is 20.2. The Morgan fingerprint density at radius 3 is 2.48 bits per heavy atom. The summed E-state index contributed by atoms with van der Waals surface area (Å²) < 4.78 is 5.19. The first kappa shape index (κ1) is 19.2. The molecule has 7 heteroatoms. The van der Waals surface area contributed by atoms with Crippen LogP contribution in [0.25, 0.3) is 0 Å². The van der Waals surface area contributed by atoms with Crippen molar-refractivity contribution in [1.29, 1.82) is 0 Å². The van der Waals surface area contributed by atoms with Gasteiger partial charge in [-0.25, -0.2) is 0 Å². The molecule has 2 fully saturated rings. The number of rotatable bonds is 4. The standard InChI is InChI=1S/C22H25N3O4/c26-20-14-18(17-6-2-1-3-7-17)15-25(20)16-21(27)23-9-5-10-24(12-11-23)22(28)19-8-4-13-29-19/h1-4,6-8,13,18H,5,9-12,14-16H2. The van der Waals surface area contributed by atoms with Crippen LogP contribution in [0.2, 0.25) is 0 Å². The van der Waals surface area contributed by atoms with E-state index in [0.29, 0.717) is 51.3 Å². The fourth-order valence-electron chi connectivity index (χ4n) is 4.06. The second-order valence-corrected chi connectivity index (χ2v) is 7.59. The number of amides is 3. The quantitative estimate of drug-likeness (QED) is 0.793. The van der Waals surface area contributed by atoms with Crippen LogP contribution in [-0.4, -0.2) is 71.7 Å². The van der Waals surface area contributed by atoms with E-state index < -0.39 is 0 Å². The van der Waals surface area contributed by atoms with Crippen molar-refractivity contribution < 1.29 is 18.8 Å². The van der Waals surface area contributed by atoms with Gasteiger partial charge in [0, 0.05) is 45.1 Å².